The molecule has 1 amide bonds. The molecule has 1 atom stereocenters. The van der Waals surface area contributed by atoms with Crippen molar-refractivity contribution < 1.29 is 4.79 Å². The quantitative estimate of drug-likeness (QED) is 0.235. The molecule has 0 aromatic heterocycles. The first kappa shape index (κ1) is 5.85. The van der Waals surface area contributed by atoms with Gasteiger partial charge in [0.1, 0.15) is 5.71 Å². The van der Waals surface area contributed by atoms with Crippen molar-refractivity contribution in [3.8, 4) is 0 Å². The topological polar surface area (TPSA) is 44.2 Å². The number of carbonyl (C=O) groups excluding carboxylic acids is 1. The van der Waals surface area contributed by atoms with Gasteiger partial charge < -0.3 is 0 Å². The summed E-state index contributed by atoms with van der Waals surface area (Å²) < 4.78 is 0.782. The molecule has 0 radical (unpaired) electrons. The third-order valence-electron chi connectivity index (χ3n) is 0.862. The Hall–Kier alpha value is -0.280. The van der Waals surface area contributed by atoms with Gasteiger partial charge in [-0.05, 0) is 0 Å². The second kappa shape index (κ2) is 1.60. The number of rotatable bonds is 0. The van der Waals surface area contributed by atoms with Gasteiger partial charge in [0.2, 0.25) is 0 Å². The van der Waals surface area contributed by atoms with Gasteiger partial charge in [0.25, 0.3) is 5.91 Å². The minimum atomic E-state index is -0.718. The third kappa shape index (κ3) is 0.516. The Bertz CT molecular complexity index is 139. The van der Waals surface area contributed by atoms with E-state index in [0.717, 1.165) is 4.42 Å². The van der Waals surface area contributed by atoms with E-state index in [0.29, 0.717) is 0 Å². The Morgan fingerprint density at radius 1 is 1.75 bits per heavy atom. The van der Waals surface area contributed by atoms with Crippen LogP contribution in [0.25, 0.3) is 0 Å². The molecule has 1 rings (SSSR count). The number of nitrogens with zero attached hydrogens (tertiary/aromatic N) is 1. The van der Waals surface area contributed by atoms with Crippen molar-refractivity contribution in [1.82, 2.24) is 4.42 Å². The lowest BCUT2D eigenvalue weighted by Crippen LogP contribution is -2.53. The Kier molecular flexibility index (Phi) is 1.17. The molecule has 0 aromatic carbocycles. The van der Waals surface area contributed by atoms with E-state index >= 15 is 0 Å². The minimum absolute atomic E-state index is 0.137. The first-order chi connectivity index (χ1) is 3.64. The number of hydrogen-bond donors (Lipinski definition) is 1. The zero-order valence-corrected chi connectivity index (χ0v) is 5.20. The van der Waals surface area contributed by atoms with E-state index in [1.807, 2.05) is 0 Å². The Morgan fingerprint density at radius 2 is 2.25 bits per heavy atom. The van der Waals surface area contributed by atoms with Crippen molar-refractivity contribution in [2.45, 2.75) is 5.50 Å². The SMILES string of the molecule is N=C1C(=O)N(Cl)C1Cl. The molecule has 1 N–H and O–H groups in total. The lowest BCUT2D eigenvalue weighted by molar-refractivity contribution is -0.123. The summed E-state index contributed by atoms with van der Waals surface area (Å²) in [5, 5.41) is 6.76. The Morgan fingerprint density at radius 3 is 2.38 bits per heavy atom. The standard InChI is InChI=1S/C3H2Cl2N2O/c4-2-1(6)3(8)7(2)5/h2,6H. The maximum absolute atomic E-state index is 10.3. The molecular weight excluding hydrogens is 151 g/mol. The monoisotopic (exact) mass is 152 g/mol. The number of carbonyl (C=O) groups is 1. The predicted octanol–water partition coefficient (Wildman–Crippen LogP) is 0.567. The van der Waals surface area contributed by atoms with Crippen LogP contribution in [0, 0.1) is 5.41 Å². The average Bonchev–Trinajstić information content (AvgIpc) is 1.83. The van der Waals surface area contributed by atoms with E-state index in [4.69, 9.17) is 28.8 Å². The maximum Gasteiger partial charge on any atom is 0.287 e. The molecule has 8 heavy (non-hydrogen) atoms. The van der Waals surface area contributed by atoms with Crippen LogP contribution in [0.2, 0.25) is 0 Å². The Balaban J connectivity index is 2.68. The fourth-order valence-corrected chi connectivity index (χ4v) is 0.738. The lowest BCUT2D eigenvalue weighted by Gasteiger charge is -2.28. The summed E-state index contributed by atoms with van der Waals surface area (Å²) >= 11 is 10.4. The van der Waals surface area contributed by atoms with Crippen LogP contribution in [0.4, 0.5) is 0 Å². The number of halogens is 2. The van der Waals surface area contributed by atoms with E-state index in [1.54, 1.807) is 0 Å². The van der Waals surface area contributed by atoms with Crippen LogP contribution in [0.3, 0.4) is 0 Å². The van der Waals surface area contributed by atoms with E-state index < -0.39 is 11.4 Å². The number of β-lactam (4-membered cyclic amide) rings is 1. The number of hydrogen-bond acceptors (Lipinski definition) is 2. The molecule has 0 bridgehead atoms. The van der Waals surface area contributed by atoms with Gasteiger partial charge in [-0.1, -0.05) is 11.6 Å². The van der Waals surface area contributed by atoms with Crippen LogP contribution in [0.5, 0.6) is 0 Å². The van der Waals surface area contributed by atoms with Gasteiger partial charge in [0.05, 0.1) is 0 Å². The molecule has 5 heteroatoms. The largest absolute Gasteiger partial charge is 0.297 e. The molecule has 3 nitrogen and oxygen atoms in total. The van der Waals surface area contributed by atoms with Gasteiger partial charge in [-0.15, -0.1) is 0 Å². The highest BCUT2D eigenvalue weighted by molar-refractivity contribution is 6.61. The van der Waals surface area contributed by atoms with Gasteiger partial charge in [0, 0.05) is 11.8 Å². The molecule has 0 saturated carbocycles. The predicted molar refractivity (Wildman–Crippen MR) is 30.1 cm³/mol. The first-order valence-corrected chi connectivity index (χ1v) is 2.64. The molecule has 1 saturated heterocycles. The van der Waals surface area contributed by atoms with E-state index in [2.05, 4.69) is 0 Å². The third-order valence-corrected chi connectivity index (χ3v) is 1.72. The van der Waals surface area contributed by atoms with Gasteiger partial charge >= 0.3 is 0 Å². The molecule has 1 aliphatic heterocycles. The smallest absolute Gasteiger partial charge is 0.287 e. The van der Waals surface area contributed by atoms with Crippen molar-refractivity contribution in [2.75, 3.05) is 0 Å². The van der Waals surface area contributed by atoms with Gasteiger partial charge in [-0.25, -0.2) is 4.42 Å². The molecule has 0 aliphatic carbocycles. The van der Waals surface area contributed by atoms with E-state index in [9.17, 15) is 4.79 Å². The molecule has 44 valence electrons. The molecule has 1 unspecified atom stereocenters. The highest BCUT2D eigenvalue weighted by Gasteiger charge is 2.40. The van der Waals surface area contributed by atoms with Gasteiger partial charge in [-0.3, -0.25) is 10.2 Å². The maximum atomic E-state index is 10.3. The zero-order chi connectivity index (χ0) is 6.31. The molecule has 0 spiro atoms. The van der Waals surface area contributed by atoms with Crippen molar-refractivity contribution in [2.24, 2.45) is 0 Å². The minimum Gasteiger partial charge on any atom is -0.297 e. The zero-order valence-electron chi connectivity index (χ0n) is 3.69. The van der Waals surface area contributed by atoms with Crippen molar-refractivity contribution in [1.29, 1.82) is 5.41 Å². The summed E-state index contributed by atoms with van der Waals surface area (Å²) in [6, 6.07) is 0. The summed E-state index contributed by atoms with van der Waals surface area (Å²) in [5.74, 6) is -0.508. The summed E-state index contributed by atoms with van der Waals surface area (Å²) in [4.78, 5) is 10.3. The summed E-state index contributed by atoms with van der Waals surface area (Å²) in [7, 11) is 0. The second-order valence-corrected chi connectivity index (χ2v) is 2.14. The van der Waals surface area contributed by atoms with Gasteiger partial charge in [0.15, 0.2) is 5.50 Å². The summed E-state index contributed by atoms with van der Waals surface area (Å²) in [6.45, 7) is 0. The van der Waals surface area contributed by atoms with Crippen molar-refractivity contribution >= 4 is 35.0 Å². The van der Waals surface area contributed by atoms with Crippen LogP contribution in [0.1, 0.15) is 0 Å². The normalized spacial score (nSPS) is 28.2. The number of amides is 1. The summed E-state index contributed by atoms with van der Waals surface area (Å²) in [6.07, 6.45) is 0. The molecule has 1 fully saturated rings. The molecule has 1 aliphatic rings. The van der Waals surface area contributed by atoms with Crippen LogP contribution < -0.4 is 0 Å². The van der Waals surface area contributed by atoms with E-state index in [1.165, 1.54) is 0 Å². The lowest BCUT2D eigenvalue weighted by atomic mass is 10.2. The fourth-order valence-electron chi connectivity index (χ4n) is 0.367. The van der Waals surface area contributed by atoms with Crippen LogP contribution >= 0.6 is 23.4 Å². The molecular formula is C3H2Cl2N2O. The second-order valence-electron chi connectivity index (χ2n) is 1.37. The highest BCUT2D eigenvalue weighted by Crippen LogP contribution is 2.20. The summed E-state index contributed by atoms with van der Waals surface area (Å²) in [5.41, 5.74) is -0.856. The fraction of sp³-hybridized carbons (Fsp3) is 0.333. The first-order valence-electron chi connectivity index (χ1n) is 1.86. The van der Waals surface area contributed by atoms with E-state index in [-0.39, 0.29) is 5.71 Å². The average molecular weight is 153 g/mol. The van der Waals surface area contributed by atoms with Crippen LogP contribution in [0.15, 0.2) is 0 Å². The number of alkyl halides is 1. The number of nitrogens with one attached hydrogen (secondary N) is 1. The van der Waals surface area contributed by atoms with Crippen molar-refractivity contribution in [3.05, 3.63) is 0 Å². The van der Waals surface area contributed by atoms with Crippen LogP contribution in [-0.4, -0.2) is 21.5 Å². The van der Waals surface area contributed by atoms with Crippen LogP contribution in [-0.2, 0) is 4.79 Å². The van der Waals surface area contributed by atoms with Crippen molar-refractivity contribution in [3.63, 3.8) is 0 Å². The Labute approximate surface area is 55.8 Å². The highest BCUT2D eigenvalue weighted by atomic mass is 35.5. The van der Waals surface area contributed by atoms with Gasteiger partial charge in [-0.2, -0.15) is 0 Å². The molecule has 1 heterocycles. The molecule has 0 aromatic rings.